The lowest BCUT2D eigenvalue weighted by Gasteiger charge is -2.24. The monoisotopic (exact) mass is 358 g/mol. The normalized spacial score (nSPS) is 16.8. The zero-order valence-electron chi connectivity index (χ0n) is 12.9. The quantitative estimate of drug-likeness (QED) is 0.642. The number of para-hydroxylation sites is 1. The molecule has 2 N–H and O–H groups in total. The van der Waals surface area contributed by atoms with Crippen molar-refractivity contribution in [3.63, 3.8) is 0 Å². The van der Waals surface area contributed by atoms with E-state index in [9.17, 15) is 4.79 Å². The van der Waals surface area contributed by atoms with E-state index < -0.39 is 0 Å². The molecular formula is C19H16Cl2N2O. The Balaban J connectivity index is 1.70. The molecule has 1 aromatic heterocycles. The van der Waals surface area contributed by atoms with Gasteiger partial charge < -0.3 is 10.3 Å². The second kappa shape index (κ2) is 6.15. The molecule has 1 aliphatic rings. The minimum Gasteiger partial charge on any atom is -0.355 e. The summed E-state index contributed by atoms with van der Waals surface area (Å²) in [7, 11) is 0. The summed E-state index contributed by atoms with van der Waals surface area (Å²) in [6.07, 6.45) is 2.92. The van der Waals surface area contributed by atoms with Gasteiger partial charge in [0.15, 0.2) is 0 Å². The molecule has 1 atom stereocenters. The zero-order valence-corrected chi connectivity index (χ0v) is 14.4. The van der Waals surface area contributed by atoms with E-state index >= 15 is 0 Å². The van der Waals surface area contributed by atoms with Gasteiger partial charge in [-0.05, 0) is 43.0 Å². The molecule has 4 rings (SSSR count). The summed E-state index contributed by atoms with van der Waals surface area (Å²) >= 11 is 12.4. The number of nitrogens with one attached hydrogen (secondary N) is 2. The Hall–Kier alpha value is -1.97. The van der Waals surface area contributed by atoms with Gasteiger partial charge in [0.1, 0.15) is 0 Å². The first-order chi connectivity index (χ1) is 11.6. The first-order valence-electron chi connectivity index (χ1n) is 7.99. The standard InChI is InChI=1S/C19H16Cl2N2O/c20-14-8-2-1-5-13(14)19(24)22-16-10-4-7-12-11-6-3-9-15(21)17(11)23-18(12)16/h1-3,5-6,8-9,16,23H,4,7,10H2,(H,22,24). The Morgan fingerprint density at radius 1 is 1.08 bits per heavy atom. The molecule has 1 amide bonds. The van der Waals surface area contributed by atoms with Crippen LogP contribution in [0.2, 0.25) is 10.0 Å². The van der Waals surface area contributed by atoms with E-state index in [2.05, 4.69) is 16.4 Å². The number of amides is 1. The Labute approximate surface area is 150 Å². The summed E-state index contributed by atoms with van der Waals surface area (Å²) in [5.74, 6) is -0.150. The third-order valence-electron chi connectivity index (χ3n) is 4.62. The molecule has 5 heteroatoms. The van der Waals surface area contributed by atoms with Gasteiger partial charge in [-0.1, -0.05) is 47.5 Å². The van der Waals surface area contributed by atoms with Gasteiger partial charge in [-0.25, -0.2) is 0 Å². The van der Waals surface area contributed by atoms with Crippen LogP contribution in [0.4, 0.5) is 0 Å². The molecule has 0 saturated heterocycles. The highest BCUT2D eigenvalue weighted by Gasteiger charge is 2.26. The molecule has 0 aliphatic heterocycles. The largest absolute Gasteiger partial charge is 0.355 e. The number of aryl methyl sites for hydroxylation is 1. The first-order valence-corrected chi connectivity index (χ1v) is 8.75. The Bertz CT molecular complexity index is 932. The van der Waals surface area contributed by atoms with Crippen molar-refractivity contribution >= 4 is 40.0 Å². The molecule has 1 unspecified atom stereocenters. The van der Waals surface area contributed by atoms with E-state index in [-0.39, 0.29) is 11.9 Å². The van der Waals surface area contributed by atoms with Crippen LogP contribution >= 0.6 is 23.2 Å². The average molecular weight is 359 g/mol. The van der Waals surface area contributed by atoms with Crippen LogP contribution in [0.25, 0.3) is 10.9 Å². The van der Waals surface area contributed by atoms with Crippen LogP contribution in [-0.4, -0.2) is 10.9 Å². The van der Waals surface area contributed by atoms with Gasteiger partial charge in [0.25, 0.3) is 5.91 Å². The molecular weight excluding hydrogens is 343 g/mol. The zero-order chi connectivity index (χ0) is 16.7. The maximum Gasteiger partial charge on any atom is 0.253 e. The molecule has 3 aromatic rings. The summed E-state index contributed by atoms with van der Waals surface area (Å²) in [6, 6.07) is 13.0. The topological polar surface area (TPSA) is 44.9 Å². The van der Waals surface area contributed by atoms with Crippen LogP contribution in [0.3, 0.4) is 0 Å². The summed E-state index contributed by atoms with van der Waals surface area (Å²) in [6.45, 7) is 0. The number of halogens is 2. The van der Waals surface area contributed by atoms with Crippen molar-refractivity contribution in [2.45, 2.75) is 25.3 Å². The van der Waals surface area contributed by atoms with Crippen LogP contribution in [0.1, 0.15) is 40.5 Å². The maximum absolute atomic E-state index is 12.6. The number of aromatic amines is 1. The molecule has 1 aliphatic carbocycles. The second-order valence-electron chi connectivity index (χ2n) is 6.08. The molecule has 0 fully saturated rings. The second-order valence-corrected chi connectivity index (χ2v) is 6.89. The van der Waals surface area contributed by atoms with Crippen molar-refractivity contribution in [2.24, 2.45) is 0 Å². The molecule has 122 valence electrons. The van der Waals surface area contributed by atoms with Crippen molar-refractivity contribution < 1.29 is 4.79 Å². The molecule has 1 heterocycles. The number of carbonyl (C=O) groups excluding carboxylic acids is 1. The number of benzene rings is 2. The lowest BCUT2D eigenvalue weighted by Crippen LogP contribution is -2.31. The van der Waals surface area contributed by atoms with Crippen LogP contribution < -0.4 is 5.32 Å². The number of hydrogen-bond acceptors (Lipinski definition) is 1. The minimum atomic E-state index is -0.150. The van der Waals surface area contributed by atoms with Crippen molar-refractivity contribution in [1.29, 1.82) is 0 Å². The highest BCUT2D eigenvalue weighted by molar-refractivity contribution is 6.35. The molecule has 0 radical (unpaired) electrons. The molecule has 0 bridgehead atoms. The van der Waals surface area contributed by atoms with E-state index in [1.807, 2.05) is 24.3 Å². The van der Waals surface area contributed by atoms with Crippen molar-refractivity contribution in [1.82, 2.24) is 10.3 Å². The van der Waals surface area contributed by atoms with Gasteiger partial charge in [-0.15, -0.1) is 0 Å². The minimum absolute atomic E-state index is 0.0546. The summed E-state index contributed by atoms with van der Waals surface area (Å²) in [5.41, 5.74) is 3.76. The predicted octanol–water partition coefficient (Wildman–Crippen LogP) is 5.28. The Kier molecular flexibility index (Phi) is 3.99. The van der Waals surface area contributed by atoms with E-state index in [0.29, 0.717) is 15.6 Å². The highest BCUT2D eigenvalue weighted by atomic mass is 35.5. The number of carbonyl (C=O) groups is 1. The van der Waals surface area contributed by atoms with Crippen LogP contribution in [0, 0.1) is 0 Å². The fourth-order valence-corrected chi connectivity index (χ4v) is 3.92. The SMILES string of the molecule is O=C(NC1CCCc2c1[nH]c1c(Cl)cccc21)c1ccccc1Cl. The van der Waals surface area contributed by atoms with Crippen molar-refractivity contribution in [3.8, 4) is 0 Å². The summed E-state index contributed by atoms with van der Waals surface area (Å²) < 4.78 is 0. The van der Waals surface area contributed by atoms with Gasteiger partial charge in [0.2, 0.25) is 0 Å². The molecule has 2 aromatic carbocycles. The van der Waals surface area contributed by atoms with Crippen LogP contribution in [0.5, 0.6) is 0 Å². The van der Waals surface area contributed by atoms with Crippen molar-refractivity contribution in [3.05, 3.63) is 69.3 Å². The highest BCUT2D eigenvalue weighted by Crippen LogP contribution is 2.37. The average Bonchev–Trinajstić information content (AvgIpc) is 2.97. The summed E-state index contributed by atoms with van der Waals surface area (Å²) in [4.78, 5) is 16.0. The van der Waals surface area contributed by atoms with E-state index in [4.69, 9.17) is 23.2 Å². The van der Waals surface area contributed by atoms with Gasteiger partial charge >= 0.3 is 0 Å². The van der Waals surface area contributed by atoms with Crippen LogP contribution in [0.15, 0.2) is 42.5 Å². The number of aromatic nitrogens is 1. The van der Waals surface area contributed by atoms with Gasteiger partial charge in [-0.2, -0.15) is 0 Å². The smallest absolute Gasteiger partial charge is 0.253 e. The number of rotatable bonds is 2. The van der Waals surface area contributed by atoms with E-state index in [1.54, 1.807) is 12.1 Å². The van der Waals surface area contributed by atoms with Gasteiger partial charge in [0.05, 0.1) is 27.2 Å². The molecule has 0 saturated carbocycles. The van der Waals surface area contributed by atoms with E-state index in [0.717, 1.165) is 35.9 Å². The fraction of sp³-hybridized carbons (Fsp3) is 0.211. The number of hydrogen-bond donors (Lipinski definition) is 2. The summed E-state index contributed by atoms with van der Waals surface area (Å²) in [5, 5.41) is 5.43. The Morgan fingerprint density at radius 3 is 2.71 bits per heavy atom. The lowest BCUT2D eigenvalue weighted by molar-refractivity contribution is 0.0932. The lowest BCUT2D eigenvalue weighted by atomic mass is 9.91. The van der Waals surface area contributed by atoms with Gasteiger partial charge in [0, 0.05) is 11.1 Å². The number of fused-ring (bicyclic) bond motifs is 3. The molecule has 0 spiro atoms. The Morgan fingerprint density at radius 2 is 1.88 bits per heavy atom. The van der Waals surface area contributed by atoms with Crippen molar-refractivity contribution in [2.75, 3.05) is 0 Å². The maximum atomic E-state index is 12.6. The molecule has 24 heavy (non-hydrogen) atoms. The third-order valence-corrected chi connectivity index (χ3v) is 5.26. The fourth-order valence-electron chi connectivity index (χ4n) is 3.48. The predicted molar refractivity (Wildman–Crippen MR) is 97.9 cm³/mol. The first kappa shape index (κ1) is 15.6. The van der Waals surface area contributed by atoms with Crippen LogP contribution in [-0.2, 0) is 6.42 Å². The molecule has 3 nitrogen and oxygen atoms in total. The third kappa shape index (κ3) is 2.58. The van der Waals surface area contributed by atoms with Gasteiger partial charge in [-0.3, -0.25) is 4.79 Å². The number of H-pyrrole nitrogens is 1. The van der Waals surface area contributed by atoms with E-state index in [1.165, 1.54) is 5.56 Å².